The summed E-state index contributed by atoms with van der Waals surface area (Å²) in [5.74, 6) is -1.16. The molecule has 1 atom stereocenters. The zero-order valence-corrected chi connectivity index (χ0v) is 15.9. The van der Waals surface area contributed by atoms with E-state index in [-0.39, 0.29) is 12.3 Å². The summed E-state index contributed by atoms with van der Waals surface area (Å²) < 4.78 is 5.22. The van der Waals surface area contributed by atoms with Gasteiger partial charge in [-0.2, -0.15) is 5.26 Å². The van der Waals surface area contributed by atoms with E-state index in [1.54, 1.807) is 31.6 Å². The fraction of sp³-hybridized carbons (Fsp3) is 0.182. The monoisotopic (exact) mass is 388 g/mol. The normalized spacial score (nSPS) is 11.4. The molecule has 2 N–H and O–H groups in total. The number of methoxy groups -OCH3 is 1. The Hall–Kier alpha value is -3.76. The van der Waals surface area contributed by atoms with Gasteiger partial charge in [-0.15, -0.1) is 0 Å². The Kier molecular flexibility index (Phi) is 6.51. The van der Waals surface area contributed by atoms with Crippen LogP contribution in [0.4, 0.5) is 11.4 Å². The van der Waals surface area contributed by atoms with E-state index in [0.717, 1.165) is 28.1 Å². The number of nitrogens with zero attached hydrogens (tertiary/aromatic N) is 3. The molecule has 7 nitrogen and oxygen atoms in total. The Balaban J connectivity index is 2.02. The summed E-state index contributed by atoms with van der Waals surface area (Å²) in [5, 5.41) is 21.6. The molecule has 29 heavy (non-hydrogen) atoms. The lowest BCUT2D eigenvalue weighted by molar-refractivity contribution is -0.137. The van der Waals surface area contributed by atoms with Gasteiger partial charge in [0, 0.05) is 47.9 Å². The number of ether oxygens (including phenoxy) is 1. The van der Waals surface area contributed by atoms with Gasteiger partial charge in [0.15, 0.2) is 0 Å². The van der Waals surface area contributed by atoms with E-state index in [4.69, 9.17) is 10.00 Å². The first kappa shape index (κ1) is 20.0. The number of anilines is 2. The smallest absolute Gasteiger partial charge is 0.304 e. The van der Waals surface area contributed by atoms with Crippen LogP contribution in [0.5, 0.6) is 0 Å². The van der Waals surface area contributed by atoms with Crippen LogP contribution in [0, 0.1) is 11.3 Å². The van der Waals surface area contributed by atoms with Gasteiger partial charge in [0.2, 0.25) is 0 Å². The van der Waals surface area contributed by atoms with Crippen LogP contribution in [-0.2, 0) is 9.53 Å². The van der Waals surface area contributed by atoms with Gasteiger partial charge in [0.1, 0.15) is 6.33 Å². The largest absolute Gasteiger partial charge is 0.481 e. The lowest BCUT2D eigenvalue weighted by atomic mass is 9.93. The van der Waals surface area contributed by atoms with Crippen molar-refractivity contribution in [1.82, 2.24) is 9.97 Å². The van der Waals surface area contributed by atoms with Crippen molar-refractivity contribution in [2.75, 3.05) is 19.0 Å². The van der Waals surface area contributed by atoms with Gasteiger partial charge in [-0.3, -0.25) is 4.79 Å². The van der Waals surface area contributed by atoms with E-state index in [0.29, 0.717) is 12.2 Å². The number of hydrogen-bond acceptors (Lipinski definition) is 6. The minimum absolute atomic E-state index is 0.0298. The zero-order valence-electron chi connectivity index (χ0n) is 15.9. The third kappa shape index (κ3) is 5.15. The van der Waals surface area contributed by atoms with Crippen molar-refractivity contribution in [3.8, 4) is 17.2 Å². The number of carboxylic acid groups (broad SMARTS) is 1. The number of benzene rings is 2. The van der Waals surface area contributed by atoms with E-state index in [9.17, 15) is 9.90 Å². The second kappa shape index (κ2) is 9.44. The van der Waals surface area contributed by atoms with Crippen molar-refractivity contribution in [1.29, 1.82) is 5.26 Å². The third-order valence-corrected chi connectivity index (χ3v) is 4.47. The highest BCUT2D eigenvalue weighted by atomic mass is 16.5. The molecule has 0 spiro atoms. The number of nitriles is 1. The molecule has 1 unspecified atom stereocenters. The molecule has 0 aliphatic rings. The Morgan fingerprint density at radius 3 is 2.55 bits per heavy atom. The first-order valence-electron chi connectivity index (χ1n) is 8.98. The van der Waals surface area contributed by atoms with Crippen LogP contribution in [0.3, 0.4) is 0 Å². The SMILES string of the molecule is COCC(CC(=O)O)c1ccc(-c2cncnc2)c(Nc2ccc(C#N)cc2)c1. The molecule has 146 valence electrons. The molecule has 0 bridgehead atoms. The maximum atomic E-state index is 11.3. The molecule has 0 radical (unpaired) electrons. The van der Waals surface area contributed by atoms with Crippen LogP contribution in [0.1, 0.15) is 23.5 Å². The number of aliphatic carboxylic acids is 1. The van der Waals surface area contributed by atoms with Crippen LogP contribution >= 0.6 is 0 Å². The van der Waals surface area contributed by atoms with Crippen LogP contribution in [-0.4, -0.2) is 34.8 Å². The van der Waals surface area contributed by atoms with Crippen molar-refractivity contribution in [2.24, 2.45) is 0 Å². The third-order valence-electron chi connectivity index (χ3n) is 4.47. The highest BCUT2D eigenvalue weighted by Gasteiger charge is 2.18. The predicted molar refractivity (Wildman–Crippen MR) is 109 cm³/mol. The average molecular weight is 388 g/mol. The molecule has 2 aromatic carbocycles. The highest BCUT2D eigenvalue weighted by Crippen LogP contribution is 2.33. The summed E-state index contributed by atoms with van der Waals surface area (Å²) in [7, 11) is 1.56. The summed E-state index contributed by atoms with van der Waals surface area (Å²) in [5.41, 5.74) is 4.73. The molecule has 0 fully saturated rings. The van der Waals surface area contributed by atoms with E-state index < -0.39 is 5.97 Å². The maximum absolute atomic E-state index is 11.3. The van der Waals surface area contributed by atoms with Crippen LogP contribution in [0.15, 0.2) is 61.2 Å². The number of hydrogen-bond donors (Lipinski definition) is 2. The first-order chi connectivity index (χ1) is 14.1. The Bertz CT molecular complexity index is 1010. The lowest BCUT2D eigenvalue weighted by Crippen LogP contribution is -2.12. The molecule has 3 rings (SSSR count). The van der Waals surface area contributed by atoms with Gasteiger partial charge in [0.05, 0.1) is 24.7 Å². The fourth-order valence-corrected chi connectivity index (χ4v) is 3.08. The van der Waals surface area contributed by atoms with Crippen molar-refractivity contribution in [3.05, 3.63) is 72.3 Å². The number of aromatic nitrogens is 2. The first-order valence-corrected chi connectivity index (χ1v) is 8.98. The number of carboxylic acids is 1. The van der Waals surface area contributed by atoms with Crippen LogP contribution in [0.2, 0.25) is 0 Å². The second-order valence-corrected chi connectivity index (χ2v) is 6.50. The number of carbonyl (C=O) groups is 1. The van der Waals surface area contributed by atoms with Gasteiger partial charge >= 0.3 is 5.97 Å². The van der Waals surface area contributed by atoms with Gasteiger partial charge < -0.3 is 15.2 Å². The van der Waals surface area contributed by atoms with E-state index in [1.165, 1.54) is 6.33 Å². The summed E-state index contributed by atoms with van der Waals surface area (Å²) in [6, 6.07) is 14.9. The Morgan fingerprint density at radius 2 is 1.93 bits per heavy atom. The average Bonchev–Trinajstić information content (AvgIpc) is 2.74. The van der Waals surface area contributed by atoms with Crippen molar-refractivity contribution >= 4 is 17.3 Å². The molecule has 1 heterocycles. The molecule has 0 saturated heterocycles. The fourth-order valence-electron chi connectivity index (χ4n) is 3.08. The predicted octanol–water partition coefficient (Wildman–Crippen LogP) is 3.96. The molecular weight excluding hydrogens is 368 g/mol. The molecule has 0 aliphatic carbocycles. The number of rotatable bonds is 8. The molecule has 1 aromatic heterocycles. The van der Waals surface area contributed by atoms with Gasteiger partial charge in [-0.05, 0) is 35.9 Å². The van der Waals surface area contributed by atoms with Gasteiger partial charge in [-0.1, -0.05) is 12.1 Å². The minimum Gasteiger partial charge on any atom is -0.481 e. The highest BCUT2D eigenvalue weighted by molar-refractivity contribution is 5.81. The van der Waals surface area contributed by atoms with E-state index >= 15 is 0 Å². The van der Waals surface area contributed by atoms with Crippen molar-refractivity contribution in [2.45, 2.75) is 12.3 Å². The van der Waals surface area contributed by atoms with Crippen LogP contribution in [0.25, 0.3) is 11.1 Å². The van der Waals surface area contributed by atoms with Crippen molar-refractivity contribution < 1.29 is 14.6 Å². The summed E-state index contributed by atoms with van der Waals surface area (Å²) in [4.78, 5) is 19.4. The lowest BCUT2D eigenvalue weighted by Gasteiger charge is -2.19. The quantitative estimate of drug-likeness (QED) is 0.601. The van der Waals surface area contributed by atoms with Crippen molar-refractivity contribution in [3.63, 3.8) is 0 Å². The zero-order chi connectivity index (χ0) is 20.6. The summed E-state index contributed by atoms with van der Waals surface area (Å²) in [6.45, 7) is 0.302. The Labute approximate surface area is 168 Å². The molecule has 0 saturated carbocycles. The minimum atomic E-state index is -0.880. The molecule has 0 amide bonds. The van der Waals surface area contributed by atoms with E-state index in [1.807, 2.05) is 30.3 Å². The van der Waals surface area contributed by atoms with E-state index in [2.05, 4.69) is 21.4 Å². The second-order valence-electron chi connectivity index (χ2n) is 6.50. The molecule has 3 aromatic rings. The molecule has 7 heteroatoms. The van der Waals surface area contributed by atoms with Crippen LogP contribution < -0.4 is 5.32 Å². The summed E-state index contributed by atoms with van der Waals surface area (Å²) in [6.07, 6.45) is 4.87. The van der Waals surface area contributed by atoms with Gasteiger partial charge in [0.25, 0.3) is 0 Å². The van der Waals surface area contributed by atoms with Gasteiger partial charge in [-0.25, -0.2) is 9.97 Å². The molecular formula is C22H20N4O3. The Morgan fingerprint density at radius 1 is 1.21 bits per heavy atom. The summed E-state index contributed by atoms with van der Waals surface area (Å²) >= 11 is 0. The molecule has 0 aliphatic heterocycles. The number of nitrogens with one attached hydrogen (secondary N) is 1. The maximum Gasteiger partial charge on any atom is 0.304 e. The standard InChI is InChI=1S/C22H20N4O3/c1-29-13-17(9-22(27)28)16-4-7-20(18-11-24-14-25-12-18)21(8-16)26-19-5-2-15(10-23)3-6-19/h2-8,11-12,14,17,26H,9,13H2,1H3,(H,27,28). The topological polar surface area (TPSA) is 108 Å².